The summed E-state index contributed by atoms with van der Waals surface area (Å²) in [4.78, 5) is 11.8. The lowest BCUT2D eigenvalue weighted by Crippen LogP contribution is -2.03. The van der Waals surface area contributed by atoms with E-state index >= 15 is 0 Å². The summed E-state index contributed by atoms with van der Waals surface area (Å²) in [7, 11) is 1.24. The molecule has 1 aromatic rings. The Morgan fingerprint density at radius 1 is 1.28 bits per heavy atom. The van der Waals surface area contributed by atoms with E-state index in [-0.39, 0.29) is 17.1 Å². The Kier molecular flexibility index (Phi) is 6.25. The number of hydrogen-bond acceptors (Lipinski definition) is 2. The first-order valence-electron chi connectivity index (χ1n) is 5.72. The summed E-state index contributed by atoms with van der Waals surface area (Å²) in [5, 5.41) is 0.903. The van der Waals surface area contributed by atoms with Crippen LogP contribution in [0.25, 0.3) is 0 Å². The largest absolute Gasteiger partial charge is 0.494 e. The number of hydrogen-bond donors (Lipinski definition) is 0. The van der Waals surface area contributed by atoms with Gasteiger partial charge in [-0.1, -0.05) is 22.4 Å². The van der Waals surface area contributed by atoms with E-state index < -0.39 is 11.6 Å². The van der Waals surface area contributed by atoms with Crippen molar-refractivity contribution in [3.8, 4) is 5.75 Å². The number of ketones is 1. The predicted molar refractivity (Wildman–Crippen MR) is 69.5 cm³/mol. The van der Waals surface area contributed by atoms with Gasteiger partial charge in [0.1, 0.15) is 0 Å². The Morgan fingerprint density at radius 3 is 2.61 bits per heavy atom. The second-order valence-electron chi connectivity index (χ2n) is 3.90. The Hall–Kier alpha value is -0.970. The fourth-order valence-corrected chi connectivity index (χ4v) is 1.97. The first-order chi connectivity index (χ1) is 8.60. The smallest absolute Gasteiger partial charge is 0.200 e. The van der Waals surface area contributed by atoms with Crippen molar-refractivity contribution in [1.82, 2.24) is 0 Å². The highest BCUT2D eigenvalue weighted by atomic mass is 79.9. The van der Waals surface area contributed by atoms with E-state index in [0.29, 0.717) is 6.42 Å². The summed E-state index contributed by atoms with van der Waals surface area (Å²) in [6.45, 7) is 0. The summed E-state index contributed by atoms with van der Waals surface area (Å²) >= 11 is 3.31. The number of halogens is 3. The number of methoxy groups -OCH3 is 1. The molecule has 0 atom stereocenters. The van der Waals surface area contributed by atoms with Gasteiger partial charge in [0.15, 0.2) is 17.3 Å². The maximum atomic E-state index is 13.2. The zero-order valence-corrected chi connectivity index (χ0v) is 11.7. The van der Waals surface area contributed by atoms with E-state index in [2.05, 4.69) is 20.7 Å². The van der Waals surface area contributed by atoms with E-state index in [1.165, 1.54) is 13.2 Å². The van der Waals surface area contributed by atoms with Crippen LogP contribution in [-0.2, 0) is 0 Å². The van der Waals surface area contributed by atoms with Gasteiger partial charge in [-0.3, -0.25) is 4.79 Å². The Balaban J connectivity index is 2.71. The molecule has 0 aliphatic rings. The number of benzene rings is 1. The number of rotatable bonds is 7. The molecule has 0 aliphatic carbocycles. The number of Topliss-reactive ketones (excluding diaryl/α,β-unsaturated/α-hetero) is 1. The molecule has 0 heterocycles. The van der Waals surface area contributed by atoms with Crippen molar-refractivity contribution in [2.75, 3.05) is 12.4 Å². The van der Waals surface area contributed by atoms with Gasteiger partial charge < -0.3 is 4.74 Å². The minimum Gasteiger partial charge on any atom is -0.494 e. The zero-order chi connectivity index (χ0) is 13.5. The van der Waals surface area contributed by atoms with Gasteiger partial charge in [-0.2, -0.15) is 4.39 Å². The molecular formula is C13H15BrF2O2. The van der Waals surface area contributed by atoms with Crippen LogP contribution in [0.3, 0.4) is 0 Å². The van der Waals surface area contributed by atoms with E-state index in [4.69, 9.17) is 0 Å². The number of alkyl halides is 1. The van der Waals surface area contributed by atoms with Crippen molar-refractivity contribution in [3.05, 3.63) is 29.3 Å². The maximum absolute atomic E-state index is 13.2. The molecule has 0 amide bonds. The predicted octanol–water partition coefficient (Wildman–Crippen LogP) is 4.11. The van der Waals surface area contributed by atoms with Crippen molar-refractivity contribution in [2.45, 2.75) is 25.7 Å². The van der Waals surface area contributed by atoms with E-state index in [1.807, 2.05) is 0 Å². The van der Waals surface area contributed by atoms with Crippen molar-refractivity contribution >= 4 is 21.7 Å². The number of carbonyl (C=O) groups is 1. The third kappa shape index (κ3) is 4.05. The van der Waals surface area contributed by atoms with Crippen LogP contribution in [0.2, 0.25) is 0 Å². The molecule has 0 saturated carbocycles. The van der Waals surface area contributed by atoms with Crippen LogP contribution in [0.1, 0.15) is 36.0 Å². The molecule has 2 nitrogen and oxygen atoms in total. The zero-order valence-electron chi connectivity index (χ0n) is 10.1. The lowest BCUT2D eigenvalue weighted by molar-refractivity contribution is 0.0978. The van der Waals surface area contributed by atoms with Crippen molar-refractivity contribution in [2.24, 2.45) is 0 Å². The average molecular weight is 321 g/mol. The van der Waals surface area contributed by atoms with Crippen LogP contribution in [0.15, 0.2) is 12.1 Å². The first kappa shape index (κ1) is 15.1. The van der Waals surface area contributed by atoms with Crippen molar-refractivity contribution in [1.29, 1.82) is 0 Å². The van der Waals surface area contributed by atoms with Crippen LogP contribution in [0, 0.1) is 11.6 Å². The van der Waals surface area contributed by atoms with Crippen LogP contribution in [0.4, 0.5) is 8.78 Å². The molecule has 5 heteroatoms. The molecule has 0 bridgehead atoms. The third-order valence-electron chi connectivity index (χ3n) is 2.57. The summed E-state index contributed by atoms with van der Waals surface area (Å²) in [5.74, 6) is -2.55. The number of carbonyl (C=O) groups excluding carboxylic acids is 1. The molecule has 0 radical (unpaired) electrons. The Bertz CT molecular complexity index is 422. The highest BCUT2D eigenvalue weighted by molar-refractivity contribution is 9.09. The van der Waals surface area contributed by atoms with Gasteiger partial charge in [0.05, 0.1) is 7.11 Å². The molecule has 1 rings (SSSR count). The minimum absolute atomic E-state index is 0.157. The van der Waals surface area contributed by atoms with Gasteiger partial charge in [-0.15, -0.1) is 0 Å². The molecule has 0 unspecified atom stereocenters. The molecule has 18 heavy (non-hydrogen) atoms. The van der Waals surface area contributed by atoms with Gasteiger partial charge in [0.2, 0.25) is 5.82 Å². The van der Waals surface area contributed by atoms with Gasteiger partial charge >= 0.3 is 0 Å². The normalized spacial score (nSPS) is 10.4. The second-order valence-corrected chi connectivity index (χ2v) is 4.69. The number of ether oxygens (including phenoxy) is 1. The highest BCUT2D eigenvalue weighted by Gasteiger charge is 2.15. The molecule has 1 aromatic carbocycles. The fraction of sp³-hybridized carbons (Fsp3) is 0.462. The fourth-order valence-electron chi connectivity index (χ4n) is 1.57. The molecule has 0 spiro atoms. The summed E-state index contributed by atoms with van der Waals surface area (Å²) in [6.07, 6.45) is 3.00. The molecule has 0 N–H and O–H groups in total. The van der Waals surface area contributed by atoms with Crippen LogP contribution >= 0.6 is 15.9 Å². The summed E-state index contributed by atoms with van der Waals surface area (Å²) < 4.78 is 31.1. The highest BCUT2D eigenvalue weighted by Crippen LogP contribution is 2.23. The van der Waals surface area contributed by atoms with Crippen molar-refractivity contribution < 1.29 is 18.3 Å². The molecule has 100 valence electrons. The van der Waals surface area contributed by atoms with E-state index in [1.54, 1.807) is 0 Å². The molecule has 0 saturated heterocycles. The van der Waals surface area contributed by atoms with E-state index in [0.717, 1.165) is 30.7 Å². The van der Waals surface area contributed by atoms with Gasteiger partial charge in [0, 0.05) is 17.3 Å². The second kappa shape index (κ2) is 7.46. The van der Waals surface area contributed by atoms with Crippen LogP contribution < -0.4 is 4.74 Å². The third-order valence-corrected chi connectivity index (χ3v) is 3.13. The van der Waals surface area contributed by atoms with Gasteiger partial charge in [-0.25, -0.2) is 4.39 Å². The molecule has 0 aliphatic heterocycles. The molecule has 0 aromatic heterocycles. The number of unbranched alkanes of at least 4 members (excludes halogenated alkanes) is 2. The monoisotopic (exact) mass is 320 g/mol. The van der Waals surface area contributed by atoms with E-state index in [9.17, 15) is 13.6 Å². The van der Waals surface area contributed by atoms with Gasteiger partial charge in [-0.05, 0) is 25.0 Å². The topological polar surface area (TPSA) is 26.3 Å². The van der Waals surface area contributed by atoms with Crippen molar-refractivity contribution in [3.63, 3.8) is 0 Å². The lowest BCUT2D eigenvalue weighted by Gasteiger charge is -2.06. The minimum atomic E-state index is -1.06. The maximum Gasteiger partial charge on any atom is 0.200 e. The molecular weight excluding hydrogens is 306 g/mol. The Morgan fingerprint density at radius 2 is 2.00 bits per heavy atom. The average Bonchev–Trinajstić information content (AvgIpc) is 2.37. The lowest BCUT2D eigenvalue weighted by atomic mass is 10.0. The molecule has 0 fully saturated rings. The SMILES string of the molecule is COc1cc(C(=O)CCCCCBr)cc(F)c1F. The van der Waals surface area contributed by atoms with Gasteiger partial charge in [0.25, 0.3) is 0 Å². The summed E-state index contributed by atoms with van der Waals surface area (Å²) in [5.41, 5.74) is 0.157. The first-order valence-corrected chi connectivity index (χ1v) is 6.84. The quantitative estimate of drug-likeness (QED) is 0.429. The summed E-state index contributed by atoms with van der Waals surface area (Å²) in [6, 6.07) is 2.16. The van der Waals surface area contributed by atoms with Crippen LogP contribution in [0.5, 0.6) is 5.75 Å². The van der Waals surface area contributed by atoms with Crippen LogP contribution in [-0.4, -0.2) is 18.2 Å². The standard InChI is InChI=1S/C13H15BrF2O2/c1-18-12-8-9(7-10(15)13(12)16)11(17)5-3-2-4-6-14/h7-8H,2-6H2,1H3. The Labute approximate surface area is 113 Å².